The number of carbonyl (C=O) groups excluding carboxylic acids is 3. The number of alkyl halides is 6. The van der Waals surface area contributed by atoms with Crippen molar-refractivity contribution in [1.82, 2.24) is 113 Å². The van der Waals surface area contributed by atoms with Crippen LogP contribution in [0.1, 0.15) is 236 Å². The molecule has 20 rings (SSSR count). The Balaban J connectivity index is 0.000000129. The van der Waals surface area contributed by atoms with Gasteiger partial charge in [0.25, 0.3) is 41.7 Å². The minimum Gasteiger partial charge on any atom is -0.497 e. The van der Waals surface area contributed by atoms with Gasteiger partial charge in [0, 0.05) is 188 Å². The van der Waals surface area contributed by atoms with Gasteiger partial charge in [0.05, 0.1) is 55.4 Å². The monoisotopic (exact) mass is 1980 g/mol. The molecule has 4 saturated heterocycles. The van der Waals surface area contributed by atoms with E-state index in [1.807, 2.05) is 127 Å². The minimum absolute atomic E-state index is 0.00579. The molecule has 15 aromatic rings. The van der Waals surface area contributed by atoms with E-state index in [0.717, 1.165) is 176 Å². The first-order chi connectivity index (χ1) is 69.4. The smallest absolute Gasteiger partial charge is 0.267 e. The molecule has 0 radical (unpaired) electrons. The highest BCUT2D eigenvalue weighted by atomic mass is 19.3. The maximum Gasteiger partial charge on any atom is 0.267 e. The molecule has 144 heavy (non-hydrogen) atoms. The number of fused-ring (bicyclic) bond motifs is 5. The van der Waals surface area contributed by atoms with Crippen molar-refractivity contribution in [3.8, 4) is 17.2 Å². The summed E-state index contributed by atoms with van der Waals surface area (Å²) in [4.78, 5) is 85.3. The zero-order valence-electron chi connectivity index (χ0n) is 82.4. The predicted octanol–water partition coefficient (Wildman–Crippen LogP) is 17.6. The van der Waals surface area contributed by atoms with Gasteiger partial charge in [-0.15, -0.1) is 25.5 Å². The van der Waals surface area contributed by atoms with E-state index in [9.17, 15) is 45.1 Å². The average molecular weight is 1980 g/mol. The van der Waals surface area contributed by atoms with E-state index in [-0.39, 0.29) is 77.6 Å². The normalized spacial score (nSPS) is 15.5. The molecular formula is C102H119F7N28O7. The average Bonchev–Trinajstić information content (AvgIpc) is 1.63. The SMILES string of the molecule is CC(=O)N1CCC(c2cc(C)nc3nc(NCc4cccc(C(F)F)c4)nn23)CC1.COc1ccc(CNc2nc3nc(C)cc(C4CCC(F)(F)CC4)n3n2)cc1.COc1ccc(CNc2nc3nc(C)cc(C4CCN(C(C)=O)CC4)n3n2)cc1.COc1ccc(CNc2nc3nc(C)cc(C4CCN(C(C)=O)CC4)n3n2)cc1C(F)F.Cc1cc(C2CCOCC2)n2nc(NCc3ccccc3F)nc2n1. The van der Waals surface area contributed by atoms with E-state index < -0.39 is 18.8 Å². The molecule has 35 nitrogen and oxygen atoms in total. The highest BCUT2D eigenvalue weighted by Crippen LogP contribution is 2.42. The number of benzene rings is 5. The number of likely N-dealkylation sites (tertiary alicyclic amines) is 3. The van der Waals surface area contributed by atoms with E-state index >= 15 is 0 Å². The number of rotatable bonds is 25. The van der Waals surface area contributed by atoms with Crippen molar-refractivity contribution in [2.24, 2.45) is 0 Å². The molecule has 10 aromatic heterocycles. The van der Waals surface area contributed by atoms with Crippen molar-refractivity contribution in [3.05, 3.63) is 247 Å². The van der Waals surface area contributed by atoms with Gasteiger partial charge < -0.3 is 60.2 Å². The fraction of sp³-hybridized carbons (Fsp3) is 0.431. The van der Waals surface area contributed by atoms with Gasteiger partial charge in [0.2, 0.25) is 53.4 Å². The number of aromatic nitrogens is 20. The van der Waals surface area contributed by atoms with Gasteiger partial charge in [0.1, 0.15) is 23.1 Å². The van der Waals surface area contributed by atoms with E-state index in [1.165, 1.54) is 37.4 Å². The lowest BCUT2D eigenvalue weighted by atomic mass is 9.84. The van der Waals surface area contributed by atoms with Crippen LogP contribution in [0.2, 0.25) is 0 Å². The Bertz CT molecular complexity index is 6940. The summed E-state index contributed by atoms with van der Waals surface area (Å²) in [5.41, 5.74) is 13.5. The molecule has 5 fully saturated rings. The van der Waals surface area contributed by atoms with E-state index in [4.69, 9.17) is 18.9 Å². The van der Waals surface area contributed by atoms with Crippen LogP contribution in [0.25, 0.3) is 28.9 Å². The number of anilines is 5. The topological polar surface area (TPSA) is 373 Å². The highest BCUT2D eigenvalue weighted by Gasteiger charge is 2.38. The molecule has 0 spiro atoms. The zero-order chi connectivity index (χ0) is 101. The third kappa shape index (κ3) is 25.8. The number of carbonyl (C=O) groups is 3. The predicted molar refractivity (Wildman–Crippen MR) is 528 cm³/mol. The summed E-state index contributed by atoms with van der Waals surface area (Å²) in [5, 5.41) is 38.7. The number of halogens is 7. The number of methoxy groups -OCH3 is 3. The van der Waals surface area contributed by atoms with Crippen LogP contribution in [0, 0.1) is 40.4 Å². The second kappa shape index (κ2) is 46.5. The quantitative estimate of drug-likeness (QED) is 0.0332. The van der Waals surface area contributed by atoms with E-state index in [0.29, 0.717) is 134 Å². The molecule has 14 heterocycles. The van der Waals surface area contributed by atoms with E-state index in [1.54, 1.807) is 83.4 Å². The van der Waals surface area contributed by atoms with E-state index in [2.05, 4.69) is 114 Å². The van der Waals surface area contributed by atoms with Gasteiger partial charge in [-0.2, -0.15) is 47.5 Å². The minimum atomic E-state index is -2.62. The summed E-state index contributed by atoms with van der Waals surface area (Å²) < 4.78 is 123. The van der Waals surface area contributed by atoms with Crippen molar-refractivity contribution < 1.29 is 64.1 Å². The third-order valence-electron chi connectivity index (χ3n) is 26.4. The number of nitrogens with one attached hydrogen (secondary N) is 5. The van der Waals surface area contributed by atoms with Crippen LogP contribution in [-0.4, -0.2) is 210 Å². The standard InChI is InChI=1S/C22H26F2N6O2.C21H24F2N6O.C21H26N6O2.C20H23F2N5O.C18H20FN5O/c1-13-10-18(16-6-8-29(9-7-16)14(2)31)30-22(26-13)27-21(28-30)25-12-15-4-5-19(32-3)17(11-15)20(23)24;1-13-10-18(16-6-8-28(9-7-16)14(2)30)29-21(25-13)26-20(27-29)24-12-15-4-3-5-17(11-15)19(22)23;1-14-12-19(17-8-10-26(11-9-17)15(2)28)27-21(23-14)24-20(25-27)22-13-16-4-6-18(29-3)7-5-16;1-13-11-17(15-7-9-20(21,22)10-8-15)27-19(24-13)25-18(26-27)23-12-14-3-5-16(28-2)6-4-14;1-12-10-16(13-6-8-25-9-7-13)24-18(21-12)22-17(23-24)20-11-14-4-2-3-5-15(14)19/h4-5,10-11,16,20H,6-9,12H2,1-3H3,(H,25,28);3-5,10-11,16,19H,6-9,12H2,1-2H3,(H,24,27);4-7,12,17H,8-11,13H2,1-3H3,(H,22,25);3-6,11,15H,7-10,12H2,1-2H3,(H,23,26);2-5,10,13H,6-9,11H2,1H3,(H,20,23). The number of hydrogen-bond donors (Lipinski definition) is 5. The molecule has 5 aliphatic rings. The number of aryl methyl sites for hydroxylation is 5. The first-order valence-corrected chi connectivity index (χ1v) is 48.4. The molecule has 4 aliphatic heterocycles. The molecule has 0 unspecified atom stereocenters. The molecule has 42 heteroatoms. The molecule has 0 atom stereocenters. The molecule has 1 aliphatic carbocycles. The molecule has 1 saturated carbocycles. The third-order valence-corrected chi connectivity index (χ3v) is 26.4. The lowest BCUT2D eigenvalue weighted by Crippen LogP contribution is -2.36. The summed E-state index contributed by atoms with van der Waals surface area (Å²) in [5.74, 6) is 5.54. The van der Waals surface area contributed by atoms with Gasteiger partial charge in [-0.1, -0.05) is 66.7 Å². The Hall–Kier alpha value is -14.9. The van der Waals surface area contributed by atoms with Crippen molar-refractivity contribution in [2.75, 3.05) is 100 Å². The summed E-state index contributed by atoms with van der Waals surface area (Å²) in [6.07, 6.45) is 2.81. The lowest BCUT2D eigenvalue weighted by molar-refractivity contribution is -0.130. The number of hydrogen-bond acceptors (Lipinski definition) is 27. The van der Waals surface area contributed by atoms with Gasteiger partial charge in [-0.05, 0) is 200 Å². The van der Waals surface area contributed by atoms with Crippen molar-refractivity contribution >= 4 is 76.4 Å². The van der Waals surface area contributed by atoms with Crippen LogP contribution < -0.4 is 40.8 Å². The maximum atomic E-state index is 13.7. The zero-order valence-corrected chi connectivity index (χ0v) is 82.4. The van der Waals surface area contributed by atoms with Crippen molar-refractivity contribution in [2.45, 2.75) is 214 Å². The molecule has 0 bridgehead atoms. The van der Waals surface area contributed by atoms with Crippen LogP contribution in [0.3, 0.4) is 0 Å². The second-order valence-corrected chi connectivity index (χ2v) is 36.7. The summed E-state index contributed by atoms with van der Waals surface area (Å²) in [7, 11) is 4.66. The molecule has 5 N–H and O–H groups in total. The number of amides is 3. The first kappa shape index (κ1) is 102. The molecule has 3 amide bonds. The molecule has 5 aromatic carbocycles. The fourth-order valence-electron chi connectivity index (χ4n) is 18.6. The van der Waals surface area contributed by atoms with Crippen LogP contribution >= 0.6 is 0 Å². The van der Waals surface area contributed by atoms with Crippen LogP contribution in [0.5, 0.6) is 17.2 Å². The summed E-state index contributed by atoms with van der Waals surface area (Å²) in [6.45, 7) is 22.6. The Morgan fingerprint density at radius 3 is 1.01 bits per heavy atom. The van der Waals surface area contributed by atoms with Crippen LogP contribution in [0.4, 0.5) is 60.5 Å². The Kier molecular flexibility index (Phi) is 32.9. The number of ether oxygens (including phenoxy) is 4. The fourth-order valence-corrected chi connectivity index (χ4v) is 18.6. The van der Waals surface area contributed by atoms with Gasteiger partial charge in [-0.25, -0.2) is 55.7 Å². The van der Waals surface area contributed by atoms with Crippen molar-refractivity contribution in [3.63, 3.8) is 0 Å². The summed E-state index contributed by atoms with van der Waals surface area (Å²) in [6, 6.07) is 43.4. The van der Waals surface area contributed by atoms with Gasteiger partial charge >= 0.3 is 0 Å². The summed E-state index contributed by atoms with van der Waals surface area (Å²) >= 11 is 0. The Labute approximate surface area is 827 Å². The number of nitrogens with zero attached hydrogens (tertiary/aromatic N) is 23. The van der Waals surface area contributed by atoms with Crippen LogP contribution in [-0.2, 0) is 51.8 Å². The first-order valence-electron chi connectivity index (χ1n) is 48.4. The lowest BCUT2D eigenvalue weighted by Gasteiger charge is -2.31. The second-order valence-electron chi connectivity index (χ2n) is 36.7. The number of piperidine rings is 3. The van der Waals surface area contributed by atoms with Gasteiger partial charge in [-0.3, -0.25) is 14.4 Å². The molecular weight excluding hydrogens is 1860 g/mol. The van der Waals surface area contributed by atoms with Crippen molar-refractivity contribution in [1.29, 1.82) is 0 Å². The largest absolute Gasteiger partial charge is 0.497 e. The van der Waals surface area contributed by atoms with Gasteiger partial charge in [0.15, 0.2) is 0 Å². The van der Waals surface area contributed by atoms with Crippen LogP contribution in [0.15, 0.2) is 146 Å². The Morgan fingerprint density at radius 2 is 0.688 bits per heavy atom. The Morgan fingerprint density at radius 1 is 0.368 bits per heavy atom. The molecule has 758 valence electrons. The maximum absolute atomic E-state index is 13.7. The highest BCUT2D eigenvalue weighted by molar-refractivity contribution is 5.74.